The van der Waals surface area contributed by atoms with Gasteiger partial charge in [0, 0.05) is 6.92 Å². The second-order valence-electron chi connectivity index (χ2n) is 1.38. The number of rotatable bonds is 2. The molecule has 0 amide bonds. The van der Waals surface area contributed by atoms with Gasteiger partial charge in [-0.15, -0.1) is 0 Å². The van der Waals surface area contributed by atoms with Gasteiger partial charge in [0.05, 0.1) is 0 Å². The third kappa shape index (κ3) is 5.80. The van der Waals surface area contributed by atoms with Crippen LogP contribution in [0.4, 0.5) is 0 Å². The van der Waals surface area contributed by atoms with E-state index in [0.29, 0.717) is 0 Å². The summed E-state index contributed by atoms with van der Waals surface area (Å²) in [5.74, 6) is -2.48. The van der Waals surface area contributed by atoms with Gasteiger partial charge in [0.2, 0.25) is 0 Å². The van der Waals surface area contributed by atoms with E-state index in [1.54, 1.807) is 0 Å². The molecule has 0 spiro atoms. The Labute approximate surface area is 45.8 Å². The predicted octanol–water partition coefficient (Wildman–Crippen LogP) is -2.07. The molecule has 0 bridgehead atoms. The minimum absolute atomic E-state index is 0.854. The summed E-state index contributed by atoms with van der Waals surface area (Å²) in [7, 11) is 0. The van der Waals surface area contributed by atoms with Crippen LogP contribution < -0.4 is 0 Å². The predicted molar refractivity (Wildman–Crippen MR) is 22.2 cm³/mol. The van der Waals surface area contributed by atoms with Gasteiger partial charge in [0.15, 0.2) is 0 Å². The molecule has 0 aromatic carbocycles. The van der Waals surface area contributed by atoms with Crippen molar-refractivity contribution >= 4 is 0 Å². The molecule has 0 radical (unpaired) electrons. The van der Waals surface area contributed by atoms with E-state index in [9.17, 15) is 0 Å². The summed E-state index contributed by atoms with van der Waals surface area (Å²) in [5, 5.41) is 32.2. The normalized spacial score (nSPS) is 12.8. The molecule has 0 heterocycles. The minimum atomic E-state index is -2.48. The second kappa shape index (κ2) is 2.38. The molecule has 0 unspecified atom stereocenters. The number of hydrogen-bond donors (Lipinski definition) is 4. The molecule has 0 fully saturated rings. The van der Waals surface area contributed by atoms with Gasteiger partial charge in [0.25, 0.3) is 12.4 Å². The third-order valence-electron chi connectivity index (χ3n) is 0.329. The van der Waals surface area contributed by atoms with Crippen LogP contribution in [0.2, 0.25) is 0 Å². The van der Waals surface area contributed by atoms with E-state index < -0.39 is 12.4 Å². The summed E-state index contributed by atoms with van der Waals surface area (Å²) < 4.78 is 3.66. The van der Waals surface area contributed by atoms with Gasteiger partial charge in [-0.2, -0.15) is 0 Å². The number of ether oxygens (including phenoxy) is 1. The first-order chi connectivity index (χ1) is 3.42. The van der Waals surface area contributed by atoms with Crippen molar-refractivity contribution in [2.24, 2.45) is 0 Å². The summed E-state index contributed by atoms with van der Waals surface area (Å²) in [5.41, 5.74) is 0. The van der Waals surface area contributed by atoms with Crippen LogP contribution in [0.5, 0.6) is 0 Å². The zero-order valence-corrected chi connectivity index (χ0v) is 4.27. The van der Waals surface area contributed by atoms with Crippen LogP contribution in [-0.2, 0) is 4.74 Å². The van der Waals surface area contributed by atoms with Gasteiger partial charge in [-0.25, -0.2) is 0 Å². The van der Waals surface area contributed by atoms with Gasteiger partial charge >= 0.3 is 0 Å². The quantitative estimate of drug-likeness (QED) is 0.317. The van der Waals surface area contributed by atoms with E-state index in [2.05, 4.69) is 4.74 Å². The van der Waals surface area contributed by atoms with E-state index in [-0.39, 0.29) is 0 Å². The van der Waals surface area contributed by atoms with Crippen LogP contribution in [0.1, 0.15) is 6.92 Å². The van der Waals surface area contributed by atoms with E-state index in [4.69, 9.17) is 20.4 Å². The highest BCUT2D eigenvalue weighted by molar-refractivity contribution is 4.31. The Morgan fingerprint density at radius 3 is 1.75 bits per heavy atom. The summed E-state index contributed by atoms with van der Waals surface area (Å²) in [6.45, 7) is -1.30. The molecule has 0 aromatic heterocycles. The molecule has 0 aliphatic carbocycles. The standard InChI is InChI=1S/C3H8O5/c1-3(6,7)8-2(4)5/h2,4-7H,1H3. The number of aliphatic hydroxyl groups excluding tert-OH is 1. The Hall–Kier alpha value is -0.200. The summed E-state index contributed by atoms with van der Waals surface area (Å²) >= 11 is 0. The third-order valence-corrected chi connectivity index (χ3v) is 0.329. The average molecular weight is 124 g/mol. The van der Waals surface area contributed by atoms with E-state index in [1.165, 1.54) is 0 Å². The first-order valence-corrected chi connectivity index (χ1v) is 1.90. The average Bonchev–Trinajstić information content (AvgIpc) is 1.21. The molecule has 0 atom stereocenters. The van der Waals surface area contributed by atoms with Crippen LogP contribution in [0.3, 0.4) is 0 Å². The molecule has 0 rings (SSSR count). The molecule has 0 aliphatic heterocycles. The Balaban J connectivity index is 3.39. The summed E-state index contributed by atoms with van der Waals surface area (Å²) in [4.78, 5) is 0. The maximum absolute atomic E-state index is 8.20. The lowest BCUT2D eigenvalue weighted by molar-refractivity contribution is -0.411. The van der Waals surface area contributed by atoms with Gasteiger partial charge in [0.1, 0.15) is 0 Å². The monoisotopic (exact) mass is 124 g/mol. The zero-order chi connectivity index (χ0) is 6.78. The molecule has 4 N–H and O–H groups in total. The highest BCUT2D eigenvalue weighted by Crippen LogP contribution is 1.99. The Morgan fingerprint density at radius 2 is 1.75 bits per heavy atom. The fourth-order valence-corrected chi connectivity index (χ4v) is 0.200. The highest BCUT2D eigenvalue weighted by atomic mass is 16.8. The lowest BCUT2D eigenvalue weighted by atomic mass is 10.7. The SMILES string of the molecule is CC(O)(O)OC(O)O. The fourth-order valence-electron chi connectivity index (χ4n) is 0.200. The molecule has 5 nitrogen and oxygen atoms in total. The van der Waals surface area contributed by atoms with Crippen LogP contribution >= 0.6 is 0 Å². The maximum atomic E-state index is 8.20. The smallest absolute Gasteiger partial charge is 0.278 e. The number of hydrogen-bond acceptors (Lipinski definition) is 5. The van der Waals surface area contributed by atoms with E-state index in [0.717, 1.165) is 6.92 Å². The largest absolute Gasteiger partial charge is 0.346 e. The van der Waals surface area contributed by atoms with Crippen LogP contribution in [0.25, 0.3) is 0 Å². The fraction of sp³-hybridized carbons (Fsp3) is 1.00. The van der Waals surface area contributed by atoms with Crippen molar-refractivity contribution in [3.63, 3.8) is 0 Å². The number of aliphatic hydroxyl groups is 4. The van der Waals surface area contributed by atoms with Crippen molar-refractivity contribution in [2.45, 2.75) is 19.4 Å². The molecule has 8 heavy (non-hydrogen) atoms. The highest BCUT2D eigenvalue weighted by Gasteiger charge is 2.18. The molecule has 0 aromatic rings. The first-order valence-electron chi connectivity index (χ1n) is 1.90. The Morgan fingerprint density at radius 1 is 1.38 bits per heavy atom. The summed E-state index contributed by atoms with van der Waals surface area (Å²) in [6.07, 6.45) is 0. The second-order valence-corrected chi connectivity index (χ2v) is 1.38. The van der Waals surface area contributed by atoms with Crippen molar-refractivity contribution in [1.82, 2.24) is 0 Å². The van der Waals surface area contributed by atoms with E-state index in [1.807, 2.05) is 0 Å². The lowest BCUT2D eigenvalue weighted by Crippen LogP contribution is -2.32. The van der Waals surface area contributed by atoms with Gasteiger partial charge in [-0.3, -0.25) is 4.74 Å². The van der Waals surface area contributed by atoms with Gasteiger partial charge < -0.3 is 20.4 Å². The van der Waals surface area contributed by atoms with Gasteiger partial charge in [-0.05, 0) is 0 Å². The van der Waals surface area contributed by atoms with Crippen molar-refractivity contribution in [2.75, 3.05) is 0 Å². The molecule has 0 saturated carbocycles. The molecular weight excluding hydrogens is 116 g/mol. The van der Waals surface area contributed by atoms with Crippen molar-refractivity contribution in [3.8, 4) is 0 Å². The molecule has 50 valence electrons. The van der Waals surface area contributed by atoms with E-state index >= 15 is 0 Å². The first kappa shape index (κ1) is 7.80. The molecule has 0 aliphatic rings. The molecule has 5 heteroatoms. The molecular formula is C3H8O5. The lowest BCUT2D eigenvalue weighted by Gasteiger charge is -2.16. The maximum Gasteiger partial charge on any atom is 0.278 e. The zero-order valence-electron chi connectivity index (χ0n) is 4.27. The van der Waals surface area contributed by atoms with Crippen molar-refractivity contribution < 1.29 is 25.2 Å². The Kier molecular flexibility index (Phi) is 2.32. The van der Waals surface area contributed by atoms with Crippen LogP contribution in [-0.4, -0.2) is 32.9 Å². The van der Waals surface area contributed by atoms with Crippen molar-refractivity contribution in [3.05, 3.63) is 0 Å². The van der Waals surface area contributed by atoms with Crippen molar-refractivity contribution in [1.29, 1.82) is 0 Å². The summed E-state index contributed by atoms with van der Waals surface area (Å²) in [6, 6.07) is 0. The minimum Gasteiger partial charge on any atom is -0.346 e. The van der Waals surface area contributed by atoms with Crippen LogP contribution in [0.15, 0.2) is 0 Å². The molecule has 0 saturated heterocycles. The topological polar surface area (TPSA) is 90.2 Å². The Bertz CT molecular complexity index is 62.6. The van der Waals surface area contributed by atoms with Crippen LogP contribution in [0, 0.1) is 0 Å². The van der Waals surface area contributed by atoms with Gasteiger partial charge in [-0.1, -0.05) is 0 Å².